The van der Waals surface area contributed by atoms with Crippen LogP contribution in [0.25, 0.3) is 11.1 Å². The third-order valence-corrected chi connectivity index (χ3v) is 5.59. The van der Waals surface area contributed by atoms with Gasteiger partial charge in [0.2, 0.25) is 5.91 Å². The van der Waals surface area contributed by atoms with E-state index in [9.17, 15) is 19.5 Å². The number of aliphatic carboxylic acids is 1. The summed E-state index contributed by atoms with van der Waals surface area (Å²) in [5.74, 6) is -2.16. The molecule has 0 spiro atoms. The normalized spacial score (nSPS) is 12.6. The Kier molecular flexibility index (Phi) is 6.55. The van der Waals surface area contributed by atoms with Gasteiger partial charge >= 0.3 is 12.1 Å². The Hall–Kier alpha value is -4.64. The number of carboxylic acids is 1. The van der Waals surface area contributed by atoms with Crippen LogP contribution in [0.3, 0.4) is 0 Å². The summed E-state index contributed by atoms with van der Waals surface area (Å²) < 4.78 is 5.42. The monoisotopic (exact) mass is 455 g/mol. The lowest BCUT2D eigenvalue weighted by molar-refractivity contribution is -0.139. The van der Waals surface area contributed by atoms with E-state index in [0.717, 1.165) is 22.3 Å². The maximum absolute atomic E-state index is 12.6. The Bertz CT molecular complexity index is 1250. The van der Waals surface area contributed by atoms with E-state index >= 15 is 0 Å². The topological polar surface area (TPSA) is 129 Å². The van der Waals surface area contributed by atoms with Gasteiger partial charge in [0.25, 0.3) is 0 Å². The second-order valence-corrected chi connectivity index (χ2v) is 7.80. The van der Waals surface area contributed by atoms with Gasteiger partial charge in [0.05, 0.1) is 18.1 Å². The molecule has 3 aromatic carbocycles. The van der Waals surface area contributed by atoms with Crippen molar-refractivity contribution in [3.63, 3.8) is 0 Å². The molecule has 0 aliphatic heterocycles. The average Bonchev–Trinajstić information content (AvgIpc) is 3.16. The van der Waals surface area contributed by atoms with Crippen LogP contribution in [-0.2, 0) is 14.3 Å². The fourth-order valence-electron chi connectivity index (χ4n) is 4.06. The Labute approximate surface area is 195 Å². The quantitative estimate of drug-likeness (QED) is 0.496. The van der Waals surface area contributed by atoms with Crippen molar-refractivity contribution in [2.75, 3.05) is 11.9 Å². The van der Waals surface area contributed by atoms with E-state index in [1.807, 2.05) is 54.6 Å². The van der Waals surface area contributed by atoms with Gasteiger partial charge in [0.1, 0.15) is 12.6 Å². The smallest absolute Gasteiger partial charge is 0.407 e. The van der Waals surface area contributed by atoms with Crippen LogP contribution < -0.4 is 10.6 Å². The molecule has 3 aromatic rings. The molecule has 3 N–H and O–H groups in total. The number of nitrogens with one attached hydrogen (secondary N) is 2. The van der Waals surface area contributed by atoms with E-state index in [1.165, 1.54) is 6.07 Å². The molecule has 0 saturated carbocycles. The molecular formula is C26H21N3O5. The van der Waals surface area contributed by atoms with Crippen LogP contribution in [0.4, 0.5) is 10.5 Å². The Balaban J connectivity index is 1.43. The summed E-state index contributed by atoms with van der Waals surface area (Å²) in [7, 11) is 0. The predicted octanol–water partition coefficient (Wildman–Crippen LogP) is 3.88. The van der Waals surface area contributed by atoms with Crippen LogP contribution in [-0.4, -0.2) is 35.7 Å². The molecule has 0 radical (unpaired) electrons. The second kappa shape index (κ2) is 9.88. The number of carbonyl (C=O) groups is 3. The third kappa shape index (κ3) is 4.89. The number of benzene rings is 3. The maximum atomic E-state index is 12.6. The largest absolute Gasteiger partial charge is 0.481 e. The molecule has 1 aliphatic rings. The van der Waals surface area contributed by atoms with Gasteiger partial charge in [-0.2, -0.15) is 5.26 Å². The van der Waals surface area contributed by atoms with Crippen molar-refractivity contribution in [3.05, 3.63) is 89.5 Å². The zero-order valence-electron chi connectivity index (χ0n) is 18.0. The van der Waals surface area contributed by atoms with Crippen molar-refractivity contribution < 1.29 is 24.2 Å². The molecular weight excluding hydrogens is 434 g/mol. The standard InChI is InChI=1S/C26H21N3O5/c27-14-16-6-5-7-17(12-16)28-25(32)23(13-24(30)31)29-26(33)34-15-22-20-10-3-1-8-18(20)19-9-2-4-11-21(19)22/h1-12,22-23H,13,15H2,(H,28,32)(H,29,33)(H,30,31). The fraction of sp³-hybridized carbons (Fsp3) is 0.154. The summed E-state index contributed by atoms with van der Waals surface area (Å²) in [5.41, 5.74) is 4.87. The van der Waals surface area contributed by atoms with E-state index < -0.39 is 30.4 Å². The number of alkyl carbamates (subject to hydrolysis) is 1. The highest BCUT2D eigenvalue weighted by Gasteiger charge is 2.30. The van der Waals surface area contributed by atoms with Crippen LogP contribution in [0.1, 0.15) is 29.0 Å². The molecule has 1 unspecified atom stereocenters. The summed E-state index contributed by atoms with van der Waals surface area (Å²) >= 11 is 0. The lowest BCUT2D eigenvalue weighted by Gasteiger charge is -2.19. The predicted molar refractivity (Wildman–Crippen MR) is 124 cm³/mol. The average molecular weight is 455 g/mol. The lowest BCUT2D eigenvalue weighted by Crippen LogP contribution is -2.45. The third-order valence-electron chi connectivity index (χ3n) is 5.59. The highest BCUT2D eigenvalue weighted by atomic mass is 16.5. The molecule has 8 nitrogen and oxygen atoms in total. The van der Waals surface area contributed by atoms with Gasteiger partial charge in [-0.15, -0.1) is 0 Å². The first-order valence-corrected chi connectivity index (χ1v) is 10.6. The summed E-state index contributed by atoms with van der Waals surface area (Å²) in [6.45, 7) is 0.0332. The molecule has 2 amide bonds. The molecule has 8 heteroatoms. The first-order valence-electron chi connectivity index (χ1n) is 10.6. The van der Waals surface area contributed by atoms with Crippen molar-refractivity contribution in [3.8, 4) is 17.2 Å². The van der Waals surface area contributed by atoms with Gasteiger partial charge < -0.3 is 20.5 Å². The molecule has 0 saturated heterocycles. The summed E-state index contributed by atoms with van der Waals surface area (Å²) in [4.78, 5) is 36.4. The molecule has 0 bridgehead atoms. The van der Waals surface area contributed by atoms with Gasteiger partial charge in [-0.25, -0.2) is 4.79 Å². The minimum Gasteiger partial charge on any atom is -0.481 e. The van der Waals surface area contributed by atoms with Crippen LogP contribution >= 0.6 is 0 Å². The summed E-state index contributed by atoms with van der Waals surface area (Å²) in [5, 5.41) is 23.1. The molecule has 4 rings (SSSR count). The van der Waals surface area contributed by atoms with Crippen molar-refractivity contribution >= 4 is 23.7 Å². The molecule has 34 heavy (non-hydrogen) atoms. The highest BCUT2D eigenvalue weighted by Crippen LogP contribution is 2.44. The van der Waals surface area contributed by atoms with Gasteiger partial charge in [-0.3, -0.25) is 9.59 Å². The Morgan fingerprint density at radius 3 is 2.24 bits per heavy atom. The van der Waals surface area contributed by atoms with Crippen molar-refractivity contribution in [1.82, 2.24) is 5.32 Å². The summed E-state index contributed by atoms with van der Waals surface area (Å²) in [6, 6.07) is 22.5. The van der Waals surface area contributed by atoms with Crippen LogP contribution in [0.5, 0.6) is 0 Å². The number of hydrogen-bond acceptors (Lipinski definition) is 5. The fourth-order valence-corrected chi connectivity index (χ4v) is 4.06. The number of anilines is 1. The van der Waals surface area contributed by atoms with Gasteiger partial charge in [-0.05, 0) is 40.5 Å². The second-order valence-electron chi connectivity index (χ2n) is 7.80. The first kappa shape index (κ1) is 22.6. The van der Waals surface area contributed by atoms with E-state index in [1.54, 1.807) is 18.2 Å². The number of hydrogen-bond donors (Lipinski definition) is 3. The van der Waals surface area contributed by atoms with Crippen LogP contribution in [0.2, 0.25) is 0 Å². The maximum Gasteiger partial charge on any atom is 0.407 e. The molecule has 0 heterocycles. The van der Waals surface area contributed by atoms with E-state index in [2.05, 4.69) is 10.6 Å². The van der Waals surface area contributed by atoms with Crippen molar-refractivity contribution in [2.45, 2.75) is 18.4 Å². The van der Waals surface area contributed by atoms with Crippen molar-refractivity contribution in [1.29, 1.82) is 5.26 Å². The first-order chi connectivity index (χ1) is 16.5. The van der Waals surface area contributed by atoms with Crippen LogP contribution in [0, 0.1) is 11.3 Å². The van der Waals surface area contributed by atoms with E-state index in [-0.39, 0.29) is 12.5 Å². The SMILES string of the molecule is N#Cc1cccc(NC(=O)C(CC(=O)O)NC(=O)OCC2c3ccccc3-c3ccccc32)c1. The number of nitriles is 1. The highest BCUT2D eigenvalue weighted by molar-refractivity contribution is 5.98. The number of amides is 2. The number of carbonyl (C=O) groups excluding carboxylic acids is 2. The molecule has 0 aromatic heterocycles. The number of rotatable bonds is 7. The molecule has 170 valence electrons. The number of fused-ring (bicyclic) bond motifs is 3. The number of ether oxygens (including phenoxy) is 1. The van der Waals surface area contributed by atoms with Crippen molar-refractivity contribution in [2.24, 2.45) is 0 Å². The summed E-state index contributed by atoms with van der Waals surface area (Å²) in [6.07, 6.45) is -1.53. The lowest BCUT2D eigenvalue weighted by atomic mass is 9.98. The van der Waals surface area contributed by atoms with Gasteiger partial charge in [0.15, 0.2) is 0 Å². The van der Waals surface area contributed by atoms with Gasteiger partial charge in [0, 0.05) is 11.6 Å². The Morgan fingerprint density at radius 2 is 1.62 bits per heavy atom. The zero-order valence-corrected chi connectivity index (χ0v) is 18.0. The Morgan fingerprint density at radius 1 is 0.971 bits per heavy atom. The number of nitrogens with zero attached hydrogens (tertiary/aromatic N) is 1. The van der Waals surface area contributed by atoms with E-state index in [4.69, 9.17) is 10.00 Å². The molecule has 1 atom stereocenters. The molecule has 1 aliphatic carbocycles. The van der Waals surface area contributed by atoms with Gasteiger partial charge in [-0.1, -0.05) is 54.6 Å². The zero-order chi connectivity index (χ0) is 24.1. The van der Waals surface area contributed by atoms with Crippen LogP contribution in [0.15, 0.2) is 72.8 Å². The molecule has 0 fully saturated rings. The number of carboxylic acid groups (broad SMARTS) is 1. The minimum absolute atomic E-state index is 0.0332. The van der Waals surface area contributed by atoms with E-state index in [0.29, 0.717) is 11.3 Å². The minimum atomic E-state index is -1.36.